The Labute approximate surface area is 102 Å². The molecule has 0 bridgehead atoms. The highest BCUT2D eigenvalue weighted by atomic mass is 16.2. The maximum atomic E-state index is 12.3. The number of piperidine rings is 1. The fourth-order valence-electron chi connectivity index (χ4n) is 2.67. The van der Waals surface area contributed by atoms with E-state index >= 15 is 0 Å². The number of primary amides is 1. The number of amides is 3. The third-order valence-corrected chi connectivity index (χ3v) is 3.88. The van der Waals surface area contributed by atoms with E-state index in [1.165, 1.54) is 0 Å². The lowest BCUT2D eigenvalue weighted by Crippen LogP contribution is -2.51. The molecule has 2 fully saturated rings. The summed E-state index contributed by atoms with van der Waals surface area (Å²) in [5, 5.41) is 0. The SMILES string of the molecule is CC1CCN(C(=O)N2CCCC2C(N)=O)CC1. The topological polar surface area (TPSA) is 66.6 Å². The normalized spacial score (nSPS) is 26.3. The first-order valence-electron chi connectivity index (χ1n) is 6.44. The predicted octanol–water partition coefficient (Wildman–Crippen LogP) is 0.788. The van der Waals surface area contributed by atoms with Gasteiger partial charge in [0.15, 0.2) is 0 Å². The van der Waals surface area contributed by atoms with E-state index in [1.807, 2.05) is 4.90 Å². The van der Waals surface area contributed by atoms with Gasteiger partial charge in [-0.3, -0.25) is 4.79 Å². The summed E-state index contributed by atoms with van der Waals surface area (Å²) in [7, 11) is 0. The Kier molecular flexibility index (Phi) is 3.54. The van der Waals surface area contributed by atoms with Crippen molar-refractivity contribution in [2.45, 2.75) is 38.6 Å². The van der Waals surface area contributed by atoms with Gasteiger partial charge >= 0.3 is 6.03 Å². The second-order valence-corrected chi connectivity index (χ2v) is 5.21. The molecule has 2 aliphatic rings. The van der Waals surface area contributed by atoms with Crippen LogP contribution in [0.4, 0.5) is 4.79 Å². The Morgan fingerprint density at radius 1 is 1.12 bits per heavy atom. The minimum atomic E-state index is -0.387. The lowest BCUT2D eigenvalue weighted by molar-refractivity contribution is -0.121. The molecule has 96 valence electrons. The van der Waals surface area contributed by atoms with Crippen LogP contribution in [-0.4, -0.2) is 47.4 Å². The third-order valence-electron chi connectivity index (χ3n) is 3.88. The quantitative estimate of drug-likeness (QED) is 0.735. The smallest absolute Gasteiger partial charge is 0.320 e. The molecular formula is C12H21N3O2. The van der Waals surface area contributed by atoms with Crippen LogP contribution in [-0.2, 0) is 4.79 Å². The van der Waals surface area contributed by atoms with Crippen molar-refractivity contribution >= 4 is 11.9 Å². The van der Waals surface area contributed by atoms with E-state index in [2.05, 4.69) is 6.92 Å². The summed E-state index contributed by atoms with van der Waals surface area (Å²) in [6.45, 7) is 4.49. The minimum Gasteiger partial charge on any atom is -0.368 e. The molecule has 1 unspecified atom stereocenters. The van der Waals surface area contributed by atoms with Gasteiger partial charge in [-0.2, -0.15) is 0 Å². The zero-order valence-corrected chi connectivity index (χ0v) is 10.4. The summed E-state index contributed by atoms with van der Waals surface area (Å²) in [6.07, 6.45) is 3.70. The van der Waals surface area contributed by atoms with Crippen LogP contribution in [0.15, 0.2) is 0 Å². The van der Waals surface area contributed by atoms with Gasteiger partial charge in [0.1, 0.15) is 6.04 Å². The standard InChI is InChI=1S/C12H21N3O2/c1-9-4-7-14(8-5-9)12(17)15-6-2-3-10(15)11(13)16/h9-10H,2-8H2,1H3,(H2,13,16). The van der Waals surface area contributed by atoms with Crippen molar-refractivity contribution in [1.29, 1.82) is 0 Å². The molecule has 0 radical (unpaired) electrons. The minimum absolute atomic E-state index is 0.00167. The maximum Gasteiger partial charge on any atom is 0.320 e. The predicted molar refractivity (Wildman–Crippen MR) is 64.3 cm³/mol. The molecule has 2 heterocycles. The van der Waals surface area contributed by atoms with Gasteiger partial charge < -0.3 is 15.5 Å². The number of rotatable bonds is 1. The molecule has 0 spiro atoms. The maximum absolute atomic E-state index is 12.3. The van der Waals surface area contributed by atoms with Crippen LogP contribution in [0.25, 0.3) is 0 Å². The van der Waals surface area contributed by atoms with Crippen LogP contribution in [0.3, 0.4) is 0 Å². The van der Waals surface area contributed by atoms with Gasteiger partial charge in [0.25, 0.3) is 0 Å². The Morgan fingerprint density at radius 3 is 2.35 bits per heavy atom. The number of nitrogens with two attached hydrogens (primary N) is 1. The first-order chi connectivity index (χ1) is 8.09. The molecule has 0 aliphatic carbocycles. The van der Waals surface area contributed by atoms with Gasteiger partial charge in [0.05, 0.1) is 0 Å². The highest BCUT2D eigenvalue weighted by Crippen LogP contribution is 2.22. The highest BCUT2D eigenvalue weighted by Gasteiger charge is 2.35. The van der Waals surface area contributed by atoms with Gasteiger partial charge in [-0.15, -0.1) is 0 Å². The Hall–Kier alpha value is -1.26. The average Bonchev–Trinajstić information content (AvgIpc) is 2.78. The largest absolute Gasteiger partial charge is 0.368 e. The lowest BCUT2D eigenvalue weighted by atomic mass is 9.99. The van der Waals surface area contributed by atoms with Crippen LogP contribution >= 0.6 is 0 Å². The first-order valence-corrected chi connectivity index (χ1v) is 6.44. The van der Waals surface area contributed by atoms with Crippen molar-refractivity contribution in [1.82, 2.24) is 9.80 Å². The molecule has 5 nitrogen and oxygen atoms in total. The van der Waals surface area contributed by atoms with Crippen molar-refractivity contribution in [3.05, 3.63) is 0 Å². The molecular weight excluding hydrogens is 218 g/mol. The molecule has 0 aromatic rings. The Bertz CT molecular complexity index is 311. The zero-order valence-electron chi connectivity index (χ0n) is 10.4. The van der Waals surface area contributed by atoms with Crippen molar-refractivity contribution < 1.29 is 9.59 Å². The van der Waals surface area contributed by atoms with E-state index in [-0.39, 0.29) is 18.0 Å². The molecule has 0 aromatic heterocycles. The van der Waals surface area contributed by atoms with Crippen LogP contribution in [0.2, 0.25) is 0 Å². The fourth-order valence-corrected chi connectivity index (χ4v) is 2.67. The molecule has 2 N–H and O–H groups in total. The molecule has 3 amide bonds. The van der Waals surface area contributed by atoms with Crippen molar-refractivity contribution in [3.63, 3.8) is 0 Å². The van der Waals surface area contributed by atoms with E-state index < -0.39 is 0 Å². The lowest BCUT2D eigenvalue weighted by Gasteiger charge is -2.34. The molecule has 5 heteroatoms. The molecule has 1 atom stereocenters. The van der Waals surface area contributed by atoms with Crippen LogP contribution < -0.4 is 5.73 Å². The summed E-state index contributed by atoms with van der Waals surface area (Å²) in [4.78, 5) is 27.0. The summed E-state index contributed by atoms with van der Waals surface area (Å²) >= 11 is 0. The molecule has 2 rings (SSSR count). The van der Waals surface area contributed by atoms with Crippen LogP contribution in [0.5, 0.6) is 0 Å². The van der Waals surface area contributed by atoms with Gasteiger partial charge in [0, 0.05) is 19.6 Å². The van der Waals surface area contributed by atoms with Crippen molar-refractivity contribution in [3.8, 4) is 0 Å². The third kappa shape index (κ3) is 2.53. The van der Waals surface area contributed by atoms with E-state index in [0.29, 0.717) is 18.9 Å². The monoisotopic (exact) mass is 239 g/mol. The molecule has 0 aromatic carbocycles. The Morgan fingerprint density at radius 2 is 1.76 bits per heavy atom. The second-order valence-electron chi connectivity index (χ2n) is 5.21. The summed E-state index contributed by atoms with van der Waals surface area (Å²) in [6, 6.07) is -0.389. The van der Waals surface area contributed by atoms with Crippen LogP contribution in [0, 0.1) is 5.92 Å². The molecule has 2 saturated heterocycles. The van der Waals surface area contributed by atoms with Gasteiger partial charge in [-0.25, -0.2) is 4.79 Å². The highest BCUT2D eigenvalue weighted by molar-refractivity contribution is 5.86. The van der Waals surface area contributed by atoms with Gasteiger partial charge in [-0.1, -0.05) is 6.92 Å². The fraction of sp³-hybridized carbons (Fsp3) is 0.833. The molecule has 17 heavy (non-hydrogen) atoms. The number of hydrogen-bond acceptors (Lipinski definition) is 2. The van der Waals surface area contributed by atoms with Gasteiger partial charge in [-0.05, 0) is 31.6 Å². The van der Waals surface area contributed by atoms with Gasteiger partial charge in [0.2, 0.25) is 5.91 Å². The number of carbonyl (C=O) groups is 2. The average molecular weight is 239 g/mol. The van der Waals surface area contributed by atoms with Crippen molar-refractivity contribution in [2.24, 2.45) is 11.7 Å². The number of carbonyl (C=O) groups excluding carboxylic acids is 2. The van der Waals surface area contributed by atoms with E-state index in [0.717, 1.165) is 32.4 Å². The number of urea groups is 1. The molecule has 0 saturated carbocycles. The summed E-state index contributed by atoms with van der Waals surface area (Å²) in [5.41, 5.74) is 5.33. The molecule has 2 aliphatic heterocycles. The van der Waals surface area contributed by atoms with Crippen LogP contribution in [0.1, 0.15) is 32.6 Å². The number of hydrogen-bond donors (Lipinski definition) is 1. The number of nitrogens with zero attached hydrogens (tertiary/aromatic N) is 2. The van der Waals surface area contributed by atoms with E-state index in [9.17, 15) is 9.59 Å². The Balaban J connectivity index is 1.97. The van der Waals surface area contributed by atoms with E-state index in [4.69, 9.17) is 5.73 Å². The van der Waals surface area contributed by atoms with E-state index in [1.54, 1.807) is 4.90 Å². The first kappa shape index (κ1) is 12.2. The number of likely N-dealkylation sites (tertiary alicyclic amines) is 2. The zero-order chi connectivity index (χ0) is 12.4. The summed E-state index contributed by atoms with van der Waals surface area (Å²) < 4.78 is 0. The van der Waals surface area contributed by atoms with Crippen molar-refractivity contribution in [2.75, 3.05) is 19.6 Å². The summed E-state index contributed by atoms with van der Waals surface area (Å²) in [5.74, 6) is 0.325. The second kappa shape index (κ2) is 4.94.